The van der Waals surface area contributed by atoms with E-state index in [0.29, 0.717) is 5.84 Å². The van der Waals surface area contributed by atoms with Crippen molar-refractivity contribution in [2.75, 3.05) is 0 Å². The fourth-order valence-corrected chi connectivity index (χ4v) is 1.46. The highest BCUT2D eigenvalue weighted by Gasteiger charge is 2.01. The predicted octanol–water partition coefficient (Wildman–Crippen LogP) is 1.34. The number of hydrogen-bond acceptors (Lipinski definition) is 2. The summed E-state index contributed by atoms with van der Waals surface area (Å²) in [5.41, 5.74) is 7.48. The van der Waals surface area contributed by atoms with E-state index in [9.17, 15) is 0 Å². The molecule has 0 unspecified atom stereocenters. The van der Waals surface area contributed by atoms with Crippen molar-refractivity contribution < 1.29 is 0 Å². The van der Waals surface area contributed by atoms with E-state index in [1.54, 1.807) is 0 Å². The van der Waals surface area contributed by atoms with Crippen LogP contribution in [-0.4, -0.2) is 5.84 Å². The second kappa shape index (κ2) is 3.58. The second-order valence-corrected chi connectivity index (χ2v) is 3.39. The molecule has 1 aromatic rings. The van der Waals surface area contributed by atoms with Gasteiger partial charge >= 0.3 is 0 Å². The van der Waals surface area contributed by atoms with Gasteiger partial charge in [0.1, 0.15) is 0 Å². The molecule has 1 aromatic carbocycles. The third-order valence-corrected chi connectivity index (χ3v) is 2.10. The van der Waals surface area contributed by atoms with Gasteiger partial charge in [-0.2, -0.15) is 5.10 Å². The van der Waals surface area contributed by atoms with E-state index in [1.165, 1.54) is 0 Å². The van der Waals surface area contributed by atoms with Crippen molar-refractivity contribution in [2.24, 2.45) is 16.7 Å². The molecule has 0 aliphatic rings. The van der Waals surface area contributed by atoms with E-state index in [1.807, 2.05) is 25.1 Å². The molecule has 0 radical (unpaired) electrons. The van der Waals surface area contributed by atoms with Crippen molar-refractivity contribution >= 4 is 21.8 Å². The smallest absolute Gasteiger partial charge is 0.150 e. The first-order valence-electron chi connectivity index (χ1n) is 3.45. The average molecular weight is 228 g/mol. The molecule has 0 aliphatic carbocycles. The van der Waals surface area contributed by atoms with Gasteiger partial charge in [-0.05, 0) is 30.7 Å². The summed E-state index contributed by atoms with van der Waals surface area (Å²) in [4.78, 5) is 0. The van der Waals surface area contributed by atoms with Crippen LogP contribution >= 0.6 is 15.9 Å². The van der Waals surface area contributed by atoms with Crippen molar-refractivity contribution in [3.05, 3.63) is 33.8 Å². The summed E-state index contributed by atoms with van der Waals surface area (Å²) in [5, 5.41) is 3.43. The van der Waals surface area contributed by atoms with Gasteiger partial charge in [-0.3, -0.25) is 0 Å². The van der Waals surface area contributed by atoms with E-state index in [-0.39, 0.29) is 0 Å². The van der Waals surface area contributed by atoms with Gasteiger partial charge in [0, 0.05) is 10.0 Å². The molecule has 0 saturated carbocycles. The van der Waals surface area contributed by atoms with Crippen molar-refractivity contribution in [2.45, 2.75) is 6.92 Å². The highest BCUT2D eigenvalue weighted by molar-refractivity contribution is 9.10. The maximum Gasteiger partial charge on any atom is 0.150 e. The summed E-state index contributed by atoms with van der Waals surface area (Å²) < 4.78 is 1.02. The van der Waals surface area contributed by atoms with Crippen LogP contribution in [0.2, 0.25) is 0 Å². The molecule has 0 amide bonds. The number of halogens is 1. The Hall–Kier alpha value is -1.03. The first kappa shape index (κ1) is 9.06. The zero-order valence-corrected chi connectivity index (χ0v) is 8.30. The number of aryl methyl sites for hydroxylation is 1. The molecule has 0 atom stereocenters. The highest BCUT2D eigenvalue weighted by atomic mass is 79.9. The van der Waals surface area contributed by atoms with Crippen LogP contribution in [0.4, 0.5) is 0 Å². The number of benzene rings is 1. The Morgan fingerprint density at radius 2 is 2.17 bits per heavy atom. The van der Waals surface area contributed by atoms with Gasteiger partial charge in [0.05, 0.1) is 0 Å². The lowest BCUT2D eigenvalue weighted by Crippen LogP contribution is -2.16. The highest BCUT2D eigenvalue weighted by Crippen LogP contribution is 2.15. The molecule has 0 heterocycles. The minimum atomic E-state index is 0.361. The van der Waals surface area contributed by atoms with E-state index >= 15 is 0 Å². The summed E-state index contributed by atoms with van der Waals surface area (Å²) in [6.07, 6.45) is 0. The number of amidine groups is 1. The van der Waals surface area contributed by atoms with Crippen LogP contribution in [0.25, 0.3) is 0 Å². The van der Waals surface area contributed by atoms with Gasteiger partial charge in [-0.25, -0.2) is 0 Å². The Labute approximate surface area is 79.6 Å². The fraction of sp³-hybridized carbons (Fsp3) is 0.125. The van der Waals surface area contributed by atoms with E-state index in [2.05, 4.69) is 21.0 Å². The lowest BCUT2D eigenvalue weighted by Gasteiger charge is -2.03. The number of hydrazone groups is 1. The molecule has 3 nitrogen and oxygen atoms in total. The van der Waals surface area contributed by atoms with Gasteiger partial charge in [0.2, 0.25) is 0 Å². The predicted molar refractivity (Wildman–Crippen MR) is 53.8 cm³/mol. The Kier molecular flexibility index (Phi) is 2.70. The van der Waals surface area contributed by atoms with Gasteiger partial charge in [0.15, 0.2) is 5.84 Å². The van der Waals surface area contributed by atoms with Crippen LogP contribution in [-0.2, 0) is 0 Å². The zero-order valence-electron chi connectivity index (χ0n) is 6.71. The summed E-state index contributed by atoms with van der Waals surface area (Å²) in [7, 11) is 0. The summed E-state index contributed by atoms with van der Waals surface area (Å²) in [6.45, 7) is 1.96. The Balaban J connectivity index is 3.18. The molecule has 4 N–H and O–H groups in total. The van der Waals surface area contributed by atoms with Crippen molar-refractivity contribution in [3.8, 4) is 0 Å². The molecule has 1 rings (SSSR count). The van der Waals surface area contributed by atoms with Crippen molar-refractivity contribution in [1.82, 2.24) is 0 Å². The van der Waals surface area contributed by atoms with Crippen LogP contribution in [0.5, 0.6) is 0 Å². The van der Waals surface area contributed by atoms with Crippen LogP contribution < -0.4 is 11.6 Å². The van der Waals surface area contributed by atoms with E-state index in [0.717, 1.165) is 15.6 Å². The number of rotatable bonds is 1. The topological polar surface area (TPSA) is 64.4 Å². The van der Waals surface area contributed by atoms with Crippen molar-refractivity contribution in [1.29, 1.82) is 0 Å². The lowest BCUT2D eigenvalue weighted by atomic mass is 10.1. The van der Waals surface area contributed by atoms with Crippen molar-refractivity contribution in [3.63, 3.8) is 0 Å². The molecule has 12 heavy (non-hydrogen) atoms. The fourth-order valence-electron chi connectivity index (χ4n) is 0.984. The Morgan fingerprint density at radius 3 is 2.67 bits per heavy atom. The number of nitrogens with zero attached hydrogens (tertiary/aromatic N) is 1. The third-order valence-electron chi connectivity index (χ3n) is 1.60. The Bertz CT molecular complexity index is 320. The first-order valence-corrected chi connectivity index (χ1v) is 4.24. The second-order valence-electron chi connectivity index (χ2n) is 2.47. The van der Waals surface area contributed by atoms with Gasteiger partial charge in [0.25, 0.3) is 0 Å². The van der Waals surface area contributed by atoms with Crippen LogP contribution in [0.1, 0.15) is 11.1 Å². The normalized spacial score (nSPS) is 11.7. The number of nitrogens with two attached hydrogens (primary N) is 2. The maximum absolute atomic E-state index is 5.55. The van der Waals surface area contributed by atoms with Crippen LogP contribution in [0.15, 0.2) is 27.8 Å². The monoisotopic (exact) mass is 227 g/mol. The molecule has 4 heteroatoms. The molecular weight excluding hydrogens is 218 g/mol. The maximum atomic E-state index is 5.55. The van der Waals surface area contributed by atoms with Crippen LogP contribution in [0, 0.1) is 6.92 Å². The molecule has 64 valence electrons. The molecule has 0 fully saturated rings. The molecule has 0 saturated heterocycles. The third kappa shape index (κ3) is 1.76. The van der Waals surface area contributed by atoms with Gasteiger partial charge in [-0.15, -0.1) is 0 Å². The molecule has 0 bridgehead atoms. The standard InChI is InChI=1S/C8H10BrN3/c1-5-4-6(9)2-3-7(5)8(10)12-11/h2-4H,11H2,1H3,(H2,10,12). The van der Waals surface area contributed by atoms with Gasteiger partial charge < -0.3 is 11.6 Å². The number of hydrogen-bond donors (Lipinski definition) is 2. The zero-order chi connectivity index (χ0) is 9.14. The largest absolute Gasteiger partial charge is 0.382 e. The summed E-state index contributed by atoms with van der Waals surface area (Å²) in [6, 6.07) is 5.75. The Morgan fingerprint density at radius 1 is 1.50 bits per heavy atom. The van der Waals surface area contributed by atoms with E-state index < -0.39 is 0 Å². The molecule has 0 aromatic heterocycles. The quantitative estimate of drug-likeness (QED) is 0.329. The minimum Gasteiger partial charge on any atom is -0.382 e. The molecule has 0 aliphatic heterocycles. The van der Waals surface area contributed by atoms with Crippen LogP contribution in [0.3, 0.4) is 0 Å². The first-order chi connectivity index (χ1) is 5.65. The van der Waals surface area contributed by atoms with Gasteiger partial charge in [-0.1, -0.05) is 15.9 Å². The SMILES string of the molecule is Cc1cc(Br)ccc1/C(N)=N/N. The average Bonchev–Trinajstić information content (AvgIpc) is 2.03. The summed E-state index contributed by atoms with van der Waals surface area (Å²) >= 11 is 3.36. The minimum absolute atomic E-state index is 0.361. The van der Waals surface area contributed by atoms with E-state index in [4.69, 9.17) is 11.6 Å². The molecule has 0 spiro atoms. The molecular formula is C8H10BrN3. The summed E-state index contributed by atoms with van der Waals surface area (Å²) in [5.74, 6) is 5.42. The lowest BCUT2D eigenvalue weighted by molar-refractivity contribution is 1.22.